The summed E-state index contributed by atoms with van der Waals surface area (Å²) in [4.78, 5) is 36.3. The first-order chi connectivity index (χ1) is 13.7. The van der Waals surface area contributed by atoms with Crippen LogP contribution >= 0.6 is 11.6 Å². The normalized spacial score (nSPS) is 11.3. The van der Waals surface area contributed by atoms with Gasteiger partial charge in [-0.15, -0.1) is 0 Å². The Kier molecular flexibility index (Phi) is 7.61. The van der Waals surface area contributed by atoms with E-state index in [4.69, 9.17) is 25.8 Å². The number of rotatable bonds is 8. The lowest BCUT2D eigenvalue weighted by molar-refractivity contribution is -0.152. The van der Waals surface area contributed by atoms with Gasteiger partial charge >= 0.3 is 5.97 Å². The maximum atomic E-state index is 12.4. The van der Waals surface area contributed by atoms with Crippen molar-refractivity contribution < 1.29 is 28.6 Å². The summed E-state index contributed by atoms with van der Waals surface area (Å²) in [5.41, 5.74) is 1.31. The fraction of sp³-hybridized carbons (Fsp3) is 0.286. The van der Waals surface area contributed by atoms with Gasteiger partial charge in [0.15, 0.2) is 11.9 Å². The molecule has 2 rings (SSSR count). The van der Waals surface area contributed by atoms with Crippen LogP contribution in [0.3, 0.4) is 0 Å². The number of benzene rings is 2. The number of ether oxygens (including phenoxy) is 3. The molecule has 0 aromatic heterocycles. The number of methoxy groups -OCH3 is 2. The monoisotopic (exact) mass is 419 g/mol. The number of Topliss-reactive ketones (excluding diaryl/α,β-unsaturated/α-hetero) is 1. The van der Waals surface area contributed by atoms with Crippen LogP contribution in [0, 0.1) is 0 Å². The number of ketones is 1. The van der Waals surface area contributed by atoms with Crippen LogP contribution in [-0.2, 0) is 20.7 Å². The zero-order valence-corrected chi connectivity index (χ0v) is 17.3. The summed E-state index contributed by atoms with van der Waals surface area (Å²) in [5, 5.41) is 3.04. The second-order valence-corrected chi connectivity index (χ2v) is 6.66. The van der Waals surface area contributed by atoms with Gasteiger partial charge in [-0.2, -0.15) is 0 Å². The standard InChI is InChI=1S/C21H22ClNO6/c1-12(24)14-5-7-18(27-3)15(9-14)10-20(25)29-13(2)21(26)23-17-11-16(22)6-8-19(17)28-4/h5-9,11,13H,10H2,1-4H3,(H,23,26)/t13-/m1/s1. The highest BCUT2D eigenvalue weighted by molar-refractivity contribution is 6.31. The molecule has 2 aromatic rings. The molecule has 0 aliphatic rings. The number of hydrogen-bond acceptors (Lipinski definition) is 6. The third-order valence-electron chi connectivity index (χ3n) is 4.12. The molecule has 2 aromatic carbocycles. The van der Waals surface area contributed by atoms with Crippen molar-refractivity contribution in [2.75, 3.05) is 19.5 Å². The van der Waals surface area contributed by atoms with Gasteiger partial charge in [-0.3, -0.25) is 14.4 Å². The Bertz CT molecular complexity index is 927. The molecule has 154 valence electrons. The first kappa shape index (κ1) is 22.2. The molecule has 0 spiro atoms. The third kappa shape index (κ3) is 5.96. The number of hydrogen-bond donors (Lipinski definition) is 1. The second kappa shape index (κ2) is 9.93. The number of amides is 1. The van der Waals surface area contributed by atoms with Gasteiger partial charge in [0.25, 0.3) is 5.91 Å². The summed E-state index contributed by atoms with van der Waals surface area (Å²) in [7, 11) is 2.93. The van der Waals surface area contributed by atoms with Crippen LogP contribution in [0.15, 0.2) is 36.4 Å². The first-order valence-corrected chi connectivity index (χ1v) is 9.14. The van der Waals surface area contributed by atoms with Gasteiger partial charge in [-0.05, 0) is 50.2 Å². The van der Waals surface area contributed by atoms with Crippen LogP contribution in [0.5, 0.6) is 11.5 Å². The van der Waals surface area contributed by atoms with Gasteiger partial charge < -0.3 is 19.5 Å². The molecule has 1 atom stereocenters. The molecule has 0 heterocycles. The van der Waals surface area contributed by atoms with Gasteiger partial charge in [0, 0.05) is 16.1 Å². The summed E-state index contributed by atoms with van der Waals surface area (Å²) >= 11 is 5.95. The van der Waals surface area contributed by atoms with E-state index in [9.17, 15) is 14.4 Å². The van der Waals surface area contributed by atoms with E-state index in [0.717, 1.165) is 0 Å². The maximum absolute atomic E-state index is 12.4. The lowest BCUT2D eigenvalue weighted by Gasteiger charge is -2.16. The number of esters is 1. The van der Waals surface area contributed by atoms with Crippen LogP contribution in [0.1, 0.15) is 29.8 Å². The molecule has 0 radical (unpaired) electrons. The summed E-state index contributed by atoms with van der Waals surface area (Å²) in [6, 6.07) is 9.57. The second-order valence-electron chi connectivity index (χ2n) is 6.23. The smallest absolute Gasteiger partial charge is 0.311 e. The first-order valence-electron chi connectivity index (χ1n) is 8.77. The SMILES string of the molecule is COc1ccc(C(C)=O)cc1CC(=O)O[C@H](C)C(=O)Nc1cc(Cl)ccc1OC. The minimum Gasteiger partial charge on any atom is -0.496 e. The number of halogens is 1. The van der Waals surface area contributed by atoms with Gasteiger partial charge in [0.1, 0.15) is 11.5 Å². The van der Waals surface area contributed by atoms with Crippen molar-refractivity contribution in [3.63, 3.8) is 0 Å². The topological polar surface area (TPSA) is 90.9 Å². The van der Waals surface area contributed by atoms with E-state index < -0.39 is 18.0 Å². The molecule has 0 saturated carbocycles. The quantitative estimate of drug-likeness (QED) is 0.518. The Morgan fingerprint density at radius 2 is 1.69 bits per heavy atom. The van der Waals surface area contributed by atoms with Crippen molar-refractivity contribution in [3.05, 3.63) is 52.5 Å². The highest BCUT2D eigenvalue weighted by atomic mass is 35.5. The Morgan fingerprint density at radius 1 is 1.03 bits per heavy atom. The summed E-state index contributed by atoms with van der Waals surface area (Å²) < 4.78 is 15.6. The summed E-state index contributed by atoms with van der Waals surface area (Å²) in [6.07, 6.45) is -1.21. The van der Waals surface area contributed by atoms with Crippen LogP contribution < -0.4 is 14.8 Å². The molecule has 7 nitrogen and oxygen atoms in total. The molecule has 0 saturated heterocycles. The van der Waals surface area contributed by atoms with Crippen molar-refractivity contribution >= 4 is 34.9 Å². The molecule has 0 aliphatic heterocycles. The van der Waals surface area contributed by atoms with Crippen LogP contribution in [0.25, 0.3) is 0 Å². The predicted molar refractivity (Wildman–Crippen MR) is 109 cm³/mol. The van der Waals surface area contributed by atoms with Gasteiger partial charge in [-0.1, -0.05) is 11.6 Å². The van der Waals surface area contributed by atoms with Crippen molar-refractivity contribution in [1.29, 1.82) is 0 Å². The Balaban J connectivity index is 2.05. The molecule has 0 aliphatic carbocycles. The van der Waals surface area contributed by atoms with E-state index in [1.165, 1.54) is 34.1 Å². The average molecular weight is 420 g/mol. The number of anilines is 1. The highest BCUT2D eigenvalue weighted by Crippen LogP contribution is 2.28. The molecule has 0 bridgehead atoms. The van der Waals surface area contributed by atoms with Crippen LogP contribution in [-0.4, -0.2) is 38.0 Å². The zero-order valence-electron chi connectivity index (χ0n) is 16.6. The molecule has 1 N–H and O–H groups in total. The van der Waals surface area contributed by atoms with E-state index in [1.807, 2.05) is 0 Å². The minimum atomic E-state index is -1.06. The van der Waals surface area contributed by atoms with E-state index in [2.05, 4.69) is 5.32 Å². The highest BCUT2D eigenvalue weighted by Gasteiger charge is 2.21. The largest absolute Gasteiger partial charge is 0.496 e. The number of carbonyl (C=O) groups excluding carboxylic acids is 3. The van der Waals surface area contributed by atoms with Crippen LogP contribution in [0.4, 0.5) is 5.69 Å². The molecule has 0 fully saturated rings. The number of carbonyl (C=O) groups is 3. The lowest BCUT2D eigenvalue weighted by Crippen LogP contribution is -2.30. The Morgan fingerprint density at radius 3 is 2.31 bits per heavy atom. The van der Waals surface area contributed by atoms with Gasteiger partial charge in [0.2, 0.25) is 0 Å². The Labute approximate surface area is 173 Å². The Hall–Kier alpha value is -3.06. The van der Waals surface area contributed by atoms with E-state index in [1.54, 1.807) is 30.3 Å². The van der Waals surface area contributed by atoms with Gasteiger partial charge in [-0.25, -0.2) is 0 Å². The molecular formula is C21H22ClNO6. The fourth-order valence-corrected chi connectivity index (χ4v) is 2.77. The van der Waals surface area contributed by atoms with E-state index in [0.29, 0.717) is 33.3 Å². The summed E-state index contributed by atoms with van der Waals surface area (Å²) in [6.45, 7) is 2.88. The zero-order chi connectivity index (χ0) is 21.6. The fourth-order valence-electron chi connectivity index (χ4n) is 2.60. The minimum absolute atomic E-state index is 0.134. The third-order valence-corrected chi connectivity index (χ3v) is 4.35. The molecule has 1 amide bonds. The lowest BCUT2D eigenvalue weighted by atomic mass is 10.0. The maximum Gasteiger partial charge on any atom is 0.311 e. The van der Waals surface area contributed by atoms with Crippen molar-refractivity contribution in [1.82, 2.24) is 0 Å². The van der Waals surface area contributed by atoms with Crippen molar-refractivity contribution in [3.8, 4) is 11.5 Å². The average Bonchev–Trinajstić information content (AvgIpc) is 2.67. The van der Waals surface area contributed by atoms with E-state index in [-0.39, 0.29) is 12.2 Å². The molecule has 8 heteroatoms. The number of nitrogens with one attached hydrogen (secondary N) is 1. The van der Waals surface area contributed by atoms with Crippen LogP contribution in [0.2, 0.25) is 5.02 Å². The van der Waals surface area contributed by atoms with Crippen molar-refractivity contribution in [2.24, 2.45) is 0 Å². The van der Waals surface area contributed by atoms with Crippen molar-refractivity contribution in [2.45, 2.75) is 26.4 Å². The molecule has 29 heavy (non-hydrogen) atoms. The summed E-state index contributed by atoms with van der Waals surface area (Å²) in [5.74, 6) is -0.432. The predicted octanol–water partition coefficient (Wildman–Crippen LogP) is 3.67. The molecular weight excluding hydrogens is 398 g/mol. The molecule has 0 unspecified atom stereocenters. The van der Waals surface area contributed by atoms with E-state index >= 15 is 0 Å². The van der Waals surface area contributed by atoms with Gasteiger partial charge in [0.05, 0.1) is 26.3 Å².